The maximum absolute atomic E-state index is 12.4. The third-order valence-electron chi connectivity index (χ3n) is 3.81. The van der Waals surface area contributed by atoms with Gasteiger partial charge in [0.2, 0.25) is 0 Å². The Morgan fingerprint density at radius 1 is 1.19 bits per heavy atom. The van der Waals surface area contributed by atoms with Gasteiger partial charge in [0, 0.05) is 9.26 Å². The smallest absolute Gasteiger partial charge is 0.323 e. The minimum Gasteiger partial charge on any atom is -0.505 e. The van der Waals surface area contributed by atoms with Crippen LogP contribution in [0.25, 0.3) is 10.9 Å². The molecule has 0 aliphatic rings. The molecule has 2 aromatic carbocycles. The van der Waals surface area contributed by atoms with Crippen molar-refractivity contribution in [3.05, 3.63) is 71.1 Å². The zero-order chi connectivity index (χ0) is 19.7. The highest BCUT2D eigenvalue weighted by Gasteiger charge is 2.19. The van der Waals surface area contributed by atoms with Crippen LogP contribution in [-0.2, 0) is 0 Å². The summed E-state index contributed by atoms with van der Waals surface area (Å²) in [5.74, 6) is -0.539. The average Bonchev–Trinajstić information content (AvgIpc) is 2.71. The van der Waals surface area contributed by atoms with Crippen LogP contribution in [0, 0.1) is 10.5 Å². The SMILES string of the molecule is Cc1cc2[nH]c(=O)c(=O)c(NC(=O)Nc3ccccc3)c(O)c2c(I)c1Cl. The van der Waals surface area contributed by atoms with Crippen LogP contribution in [0.15, 0.2) is 46.0 Å². The molecular weight excluding hydrogens is 485 g/mol. The van der Waals surface area contributed by atoms with Crippen LogP contribution in [0.4, 0.5) is 16.2 Å². The molecule has 3 aromatic rings. The lowest BCUT2D eigenvalue weighted by atomic mass is 10.1. The predicted octanol–water partition coefficient (Wildman–Crippen LogP) is 3.80. The Balaban J connectivity index is 2.17. The van der Waals surface area contributed by atoms with Crippen molar-refractivity contribution < 1.29 is 9.90 Å². The van der Waals surface area contributed by atoms with E-state index in [0.29, 0.717) is 19.8 Å². The fraction of sp³-hybridized carbons (Fsp3) is 0.0556. The number of nitrogens with one attached hydrogen (secondary N) is 3. The minimum atomic E-state index is -1.07. The van der Waals surface area contributed by atoms with Gasteiger partial charge in [-0.2, -0.15) is 0 Å². The molecule has 0 aliphatic heterocycles. The number of hydrogen-bond donors (Lipinski definition) is 4. The van der Waals surface area contributed by atoms with Gasteiger partial charge in [0.1, 0.15) is 5.69 Å². The topological polar surface area (TPSA) is 111 Å². The number of aryl methyl sites for hydroxylation is 1. The number of aromatic hydroxyl groups is 1. The first-order valence-electron chi connectivity index (χ1n) is 7.70. The third kappa shape index (κ3) is 3.76. The van der Waals surface area contributed by atoms with Crippen LogP contribution in [0.3, 0.4) is 0 Å². The van der Waals surface area contributed by atoms with Crippen molar-refractivity contribution in [1.82, 2.24) is 4.98 Å². The second-order valence-corrected chi connectivity index (χ2v) is 7.15. The summed E-state index contributed by atoms with van der Waals surface area (Å²) >= 11 is 8.13. The van der Waals surface area contributed by atoms with Gasteiger partial charge in [0.25, 0.3) is 11.0 Å². The minimum absolute atomic E-state index is 0.167. The summed E-state index contributed by atoms with van der Waals surface area (Å²) in [7, 11) is 0. The molecule has 0 fully saturated rings. The molecule has 3 rings (SSSR count). The van der Waals surface area contributed by atoms with Crippen molar-refractivity contribution in [1.29, 1.82) is 0 Å². The molecule has 0 unspecified atom stereocenters. The number of urea groups is 1. The van der Waals surface area contributed by atoms with Crippen LogP contribution >= 0.6 is 34.2 Å². The van der Waals surface area contributed by atoms with Crippen molar-refractivity contribution in [2.75, 3.05) is 10.6 Å². The van der Waals surface area contributed by atoms with Crippen molar-refractivity contribution in [3.63, 3.8) is 0 Å². The number of fused-ring (bicyclic) bond motifs is 1. The van der Waals surface area contributed by atoms with Crippen molar-refractivity contribution in [2.45, 2.75) is 6.92 Å². The van der Waals surface area contributed by atoms with E-state index in [1.807, 2.05) is 22.6 Å². The van der Waals surface area contributed by atoms with Gasteiger partial charge < -0.3 is 20.7 Å². The normalized spacial score (nSPS) is 10.6. The van der Waals surface area contributed by atoms with Gasteiger partial charge >= 0.3 is 6.03 Å². The molecule has 0 saturated heterocycles. The molecule has 4 N–H and O–H groups in total. The number of para-hydroxylation sites is 1. The van der Waals surface area contributed by atoms with E-state index in [4.69, 9.17) is 11.6 Å². The molecule has 27 heavy (non-hydrogen) atoms. The van der Waals surface area contributed by atoms with Crippen LogP contribution in [0.5, 0.6) is 5.75 Å². The Hall–Kier alpha value is -2.59. The first-order chi connectivity index (χ1) is 12.8. The quantitative estimate of drug-likeness (QED) is 0.319. The maximum atomic E-state index is 12.4. The number of benzene rings is 2. The lowest BCUT2D eigenvalue weighted by Crippen LogP contribution is -2.30. The number of amides is 2. The Kier molecular flexibility index (Phi) is 5.38. The Morgan fingerprint density at radius 2 is 1.85 bits per heavy atom. The van der Waals surface area contributed by atoms with Gasteiger partial charge in [0.05, 0.1) is 15.9 Å². The molecule has 1 heterocycles. The van der Waals surface area contributed by atoms with Crippen LogP contribution in [0.1, 0.15) is 5.56 Å². The second-order valence-electron chi connectivity index (χ2n) is 5.70. The number of halogens is 2. The number of aromatic amines is 1. The van der Waals surface area contributed by atoms with Gasteiger partial charge in [-0.05, 0) is 53.3 Å². The zero-order valence-corrected chi connectivity index (χ0v) is 16.8. The molecule has 0 atom stereocenters. The van der Waals surface area contributed by atoms with E-state index < -0.39 is 28.5 Å². The zero-order valence-electron chi connectivity index (χ0n) is 13.9. The van der Waals surface area contributed by atoms with Crippen LogP contribution in [-0.4, -0.2) is 16.1 Å². The molecule has 0 bridgehead atoms. The van der Waals surface area contributed by atoms with Crippen molar-refractivity contribution in [2.24, 2.45) is 0 Å². The van der Waals surface area contributed by atoms with Gasteiger partial charge in [-0.15, -0.1) is 0 Å². The molecule has 7 nitrogen and oxygen atoms in total. The van der Waals surface area contributed by atoms with Crippen molar-refractivity contribution in [3.8, 4) is 5.75 Å². The molecule has 138 valence electrons. The largest absolute Gasteiger partial charge is 0.505 e. The number of carbonyl (C=O) groups excluding carboxylic acids is 1. The predicted molar refractivity (Wildman–Crippen MR) is 114 cm³/mol. The highest BCUT2D eigenvalue weighted by Crippen LogP contribution is 2.36. The highest BCUT2D eigenvalue weighted by atomic mass is 127. The molecule has 0 radical (unpaired) electrons. The number of H-pyrrole nitrogens is 1. The summed E-state index contributed by atoms with van der Waals surface area (Å²) in [6.07, 6.45) is 0. The van der Waals surface area contributed by atoms with Gasteiger partial charge in [0.15, 0.2) is 5.75 Å². The van der Waals surface area contributed by atoms with Crippen LogP contribution < -0.4 is 21.6 Å². The Labute approximate surface area is 171 Å². The molecule has 0 saturated carbocycles. The third-order valence-corrected chi connectivity index (χ3v) is 5.70. The first kappa shape index (κ1) is 19.2. The first-order valence-corrected chi connectivity index (χ1v) is 9.16. The number of aromatic nitrogens is 1. The summed E-state index contributed by atoms with van der Waals surface area (Å²) < 4.78 is 0.444. The standard InChI is InChI=1S/C18H13ClIN3O4/c1-8-7-10-11(13(20)12(8)19)15(24)14(16(25)17(26)22-10)23-18(27)21-9-5-3-2-4-6-9/h2-7H,1H3,(H4,21,22,23,24,25,26,27). The van der Waals surface area contributed by atoms with E-state index in [1.165, 1.54) is 0 Å². The van der Waals surface area contributed by atoms with Gasteiger partial charge in [-0.3, -0.25) is 9.59 Å². The van der Waals surface area contributed by atoms with Gasteiger partial charge in [-0.1, -0.05) is 29.8 Å². The molecule has 1 aromatic heterocycles. The summed E-state index contributed by atoms with van der Waals surface area (Å²) in [5, 5.41) is 16.0. The molecule has 0 spiro atoms. The summed E-state index contributed by atoms with van der Waals surface area (Å²) in [4.78, 5) is 39.2. The van der Waals surface area contributed by atoms with Crippen LogP contribution in [0.2, 0.25) is 5.02 Å². The number of hydrogen-bond acceptors (Lipinski definition) is 4. The van der Waals surface area contributed by atoms with E-state index in [9.17, 15) is 19.5 Å². The average molecular weight is 498 g/mol. The van der Waals surface area contributed by atoms with E-state index in [-0.39, 0.29) is 10.9 Å². The van der Waals surface area contributed by atoms with Crippen molar-refractivity contribution >= 4 is 62.5 Å². The highest BCUT2D eigenvalue weighted by molar-refractivity contribution is 14.1. The summed E-state index contributed by atoms with van der Waals surface area (Å²) in [5.41, 5.74) is -1.20. The molecule has 2 amide bonds. The maximum Gasteiger partial charge on any atom is 0.323 e. The molecule has 9 heteroatoms. The fourth-order valence-corrected chi connectivity index (χ4v) is 3.64. The fourth-order valence-electron chi connectivity index (χ4n) is 2.52. The van der Waals surface area contributed by atoms with E-state index in [1.54, 1.807) is 43.3 Å². The lowest BCUT2D eigenvalue weighted by Gasteiger charge is -2.09. The van der Waals surface area contributed by atoms with Gasteiger partial charge in [-0.25, -0.2) is 4.79 Å². The lowest BCUT2D eigenvalue weighted by molar-refractivity contribution is 0.262. The summed E-state index contributed by atoms with van der Waals surface area (Å²) in [6, 6.07) is 9.29. The number of rotatable bonds is 2. The second kappa shape index (κ2) is 7.57. The Bertz CT molecular complexity index is 1180. The van der Waals surface area contributed by atoms with E-state index >= 15 is 0 Å². The number of anilines is 2. The monoisotopic (exact) mass is 497 g/mol. The molecular formula is C18H13ClIN3O4. The molecule has 0 aliphatic carbocycles. The summed E-state index contributed by atoms with van der Waals surface area (Å²) in [6.45, 7) is 1.73. The Morgan fingerprint density at radius 3 is 2.52 bits per heavy atom. The van der Waals surface area contributed by atoms with E-state index in [0.717, 1.165) is 0 Å². The van der Waals surface area contributed by atoms with E-state index in [2.05, 4.69) is 15.6 Å². The number of carbonyl (C=O) groups is 1.